The lowest BCUT2D eigenvalue weighted by Crippen LogP contribution is -2.41. The maximum atomic E-state index is 13.0. The lowest BCUT2D eigenvalue weighted by molar-refractivity contribution is -0.139. The zero-order valence-corrected chi connectivity index (χ0v) is 19.8. The summed E-state index contributed by atoms with van der Waals surface area (Å²) in [6.07, 6.45) is 5.68. The first-order valence-corrected chi connectivity index (χ1v) is 13.3. The van der Waals surface area contributed by atoms with E-state index in [1.165, 1.54) is 11.8 Å². The molecule has 0 spiro atoms. The van der Waals surface area contributed by atoms with Crippen LogP contribution in [0.4, 0.5) is 5.69 Å². The number of anilines is 1. The molecule has 0 radical (unpaired) electrons. The molecule has 0 saturated heterocycles. The Hall–Kier alpha value is -2.75. The SMILES string of the molecule is CSCC[C@H](NC(=O)c1ccc(NS(=S)c2cccnc2)cc1-c1ccccc1)C(=O)O. The van der Waals surface area contributed by atoms with E-state index in [1.807, 2.05) is 54.8 Å². The van der Waals surface area contributed by atoms with Gasteiger partial charge in [-0.2, -0.15) is 11.8 Å². The van der Waals surface area contributed by atoms with Crippen molar-refractivity contribution in [2.24, 2.45) is 0 Å². The first kappa shape index (κ1) is 23.9. The molecule has 0 aliphatic heterocycles. The average molecular weight is 486 g/mol. The topological polar surface area (TPSA) is 91.3 Å². The summed E-state index contributed by atoms with van der Waals surface area (Å²) in [5.41, 5.74) is 2.71. The van der Waals surface area contributed by atoms with E-state index in [0.29, 0.717) is 23.3 Å². The fourth-order valence-corrected chi connectivity index (χ4v) is 4.89. The standard InChI is InChI=1S/C23H23N3O3S3/c1-31-13-11-21(23(28)29)25-22(27)19-10-9-17(14-20(19)16-6-3-2-4-7-16)26-32(30)18-8-5-12-24-15-18/h2-10,12,14-15,21,26H,11,13H2,1H3,(H,25,27)(H,28,29)/t21-,32?/m0/s1. The van der Waals surface area contributed by atoms with Crippen LogP contribution in [0.2, 0.25) is 0 Å². The lowest BCUT2D eigenvalue weighted by atomic mass is 9.98. The van der Waals surface area contributed by atoms with Gasteiger partial charge < -0.3 is 15.1 Å². The van der Waals surface area contributed by atoms with E-state index in [9.17, 15) is 14.7 Å². The Labute approximate surface area is 198 Å². The summed E-state index contributed by atoms with van der Waals surface area (Å²) in [5, 5.41) is 12.1. The number of carboxylic acids is 1. The molecule has 1 unspecified atom stereocenters. The molecule has 0 aliphatic rings. The fourth-order valence-electron chi connectivity index (χ4n) is 3.01. The second-order valence-electron chi connectivity index (χ2n) is 6.83. The molecule has 0 fully saturated rings. The number of aromatic nitrogens is 1. The molecule has 6 nitrogen and oxygen atoms in total. The fraction of sp³-hybridized carbons (Fsp3) is 0.174. The molecule has 0 aliphatic carbocycles. The van der Waals surface area contributed by atoms with E-state index in [0.717, 1.165) is 16.1 Å². The predicted molar refractivity (Wildman–Crippen MR) is 135 cm³/mol. The maximum Gasteiger partial charge on any atom is 0.326 e. The largest absolute Gasteiger partial charge is 0.480 e. The Kier molecular flexibility index (Phi) is 8.78. The first-order chi connectivity index (χ1) is 15.5. The average Bonchev–Trinajstić information content (AvgIpc) is 2.82. The summed E-state index contributed by atoms with van der Waals surface area (Å²) >= 11 is 7.13. The van der Waals surface area contributed by atoms with Crippen LogP contribution in [0.1, 0.15) is 16.8 Å². The Morgan fingerprint density at radius 1 is 1.16 bits per heavy atom. The maximum absolute atomic E-state index is 13.0. The Balaban J connectivity index is 1.91. The van der Waals surface area contributed by atoms with E-state index in [1.54, 1.807) is 24.5 Å². The molecule has 32 heavy (non-hydrogen) atoms. The van der Waals surface area contributed by atoms with Crippen LogP contribution in [-0.2, 0) is 25.6 Å². The van der Waals surface area contributed by atoms with E-state index in [2.05, 4.69) is 15.0 Å². The van der Waals surface area contributed by atoms with Gasteiger partial charge in [0.1, 0.15) is 6.04 Å². The summed E-state index contributed by atoms with van der Waals surface area (Å²) < 4.78 is 3.30. The molecular weight excluding hydrogens is 462 g/mol. The highest BCUT2D eigenvalue weighted by Gasteiger charge is 2.22. The van der Waals surface area contributed by atoms with Crippen LogP contribution >= 0.6 is 11.8 Å². The molecule has 0 bridgehead atoms. The zero-order chi connectivity index (χ0) is 22.9. The number of benzene rings is 2. The van der Waals surface area contributed by atoms with Gasteiger partial charge in [-0.15, -0.1) is 0 Å². The second kappa shape index (κ2) is 11.8. The van der Waals surface area contributed by atoms with Crippen LogP contribution in [0.25, 0.3) is 11.1 Å². The van der Waals surface area contributed by atoms with Gasteiger partial charge in [0.15, 0.2) is 0 Å². The Morgan fingerprint density at radius 2 is 1.94 bits per heavy atom. The van der Waals surface area contributed by atoms with Gasteiger partial charge in [0.2, 0.25) is 0 Å². The molecule has 1 amide bonds. The van der Waals surface area contributed by atoms with Crippen LogP contribution in [0, 0.1) is 0 Å². The van der Waals surface area contributed by atoms with Crippen molar-refractivity contribution >= 4 is 50.2 Å². The first-order valence-electron chi connectivity index (χ1n) is 9.80. The van der Waals surface area contributed by atoms with Gasteiger partial charge in [0.05, 0.1) is 0 Å². The van der Waals surface area contributed by atoms with Gasteiger partial charge in [-0.3, -0.25) is 9.78 Å². The van der Waals surface area contributed by atoms with Crippen molar-refractivity contribution in [3.63, 3.8) is 0 Å². The summed E-state index contributed by atoms with van der Waals surface area (Å²) in [5.74, 6) is -0.826. The molecule has 2 aromatic carbocycles. The van der Waals surface area contributed by atoms with Crippen molar-refractivity contribution in [3.05, 3.63) is 78.6 Å². The van der Waals surface area contributed by atoms with Crippen molar-refractivity contribution < 1.29 is 14.7 Å². The van der Waals surface area contributed by atoms with Gasteiger partial charge >= 0.3 is 5.97 Å². The van der Waals surface area contributed by atoms with Crippen molar-refractivity contribution in [2.45, 2.75) is 17.4 Å². The van der Waals surface area contributed by atoms with Gasteiger partial charge in [-0.25, -0.2) is 4.79 Å². The highest BCUT2D eigenvalue weighted by atomic mass is 32.8. The number of rotatable bonds is 10. The van der Waals surface area contributed by atoms with Gasteiger partial charge in [0.25, 0.3) is 5.91 Å². The zero-order valence-electron chi connectivity index (χ0n) is 17.4. The summed E-state index contributed by atoms with van der Waals surface area (Å²) in [6, 6.07) is 17.7. The van der Waals surface area contributed by atoms with Crippen LogP contribution in [0.15, 0.2) is 78.0 Å². The smallest absolute Gasteiger partial charge is 0.326 e. The molecule has 2 atom stereocenters. The number of amides is 1. The molecule has 3 rings (SSSR count). The van der Waals surface area contributed by atoms with Gasteiger partial charge in [-0.1, -0.05) is 30.3 Å². The molecule has 9 heteroatoms. The number of aliphatic carboxylic acids is 1. The van der Waals surface area contributed by atoms with Gasteiger partial charge in [-0.05, 0) is 71.1 Å². The molecular formula is C23H23N3O3S3. The molecule has 3 aromatic rings. The van der Waals surface area contributed by atoms with Crippen molar-refractivity contribution in [1.82, 2.24) is 10.3 Å². The van der Waals surface area contributed by atoms with Crippen LogP contribution in [0.5, 0.6) is 0 Å². The summed E-state index contributed by atoms with van der Waals surface area (Å²) in [7, 11) is -0.695. The molecule has 166 valence electrons. The predicted octanol–water partition coefficient (Wildman–Crippen LogP) is 4.15. The number of carboxylic acid groups (broad SMARTS) is 1. The summed E-state index contributed by atoms with van der Waals surface area (Å²) in [4.78, 5) is 29.6. The molecule has 0 saturated carbocycles. The third-order valence-electron chi connectivity index (χ3n) is 4.62. The van der Waals surface area contributed by atoms with E-state index >= 15 is 0 Å². The number of nitrogens with zero attached hydrogens (tertiary/aromatic N) is 1. The van der Waals surface area contributed by atoms with E-state index in [4.69, 9.17) is 11.2 Å². The number of carbonyl (C=O) groups excluding carboxylic acids is 1. The quantitative estimate of drug-likeness (QED) is 0.397. The highest BCUT2D eigenvalue weighted by Crippen LogP contribution is 2.28. The monoisotopic (exact) mass is 485 g/mol. The number of hydrogen-bond acceptors (Lipinski definition) is 5. The Morgan fingerprint density at radius 3 is 2.59 bits per heavy atom. The van der Waals surface area contributed by atoms with Crippen molar-refractivity contribution in [2.75, 3.05) is 16.7 Å². The molecule has 1 heterocycles. The highest BCUT2D eigenvalue weighted by molar-refractivity contribution is 8.29. The number of hydrogen-bond donors (Lipinski definition) is 3. The number of thioether (sulfide) groups is 1. The number of pyridine rings is 1. The van der Waals surface area contributed by atoms with Crippen LogP contribution in [0.3, 0.4) is 0 Å². The normalized spacial score (nSPS) is 12.5. The third-order valence-corrected chi connectivity index (χ3v) is 7.18. The minimum Gasteiger partial charge on any atom is -0.480 e. The third kappa shape index (κ3) is 6.38. The number of nitrogens with one attached hydrogen (secondary N) is 2. The number of carbonyl (C=O) groups is 2. The molecule has 3 N–H and O–H groups in total. The van der Waals surface area contributed by atoms with Crippen molar-refractivity contribution in [1.29, 1.82) is 0 Å². The lowest BCUT2D eigenvalue weighted by Gasteiger charge is -2.17. The van der Waals surface area contributed by atoms with E-state index < -0.39 is 27.6 Å². The molecule has 1 aromatic heterocycles. The minimum absolute atomic E-state index is 0.354. The Bertz CT molecular complexity index is 1100. The van der Waals surface area contributed by atoms with Crippen LogP contribution < -0.4 is 10.0 Å². The summed E-state index contributed by atoms with van der Waals surface area (Å²) in [6.45, 7) is 0. The minimum atomic E-state index is -1.04. The van der Waals surface area contributed by atoms with Gasteiger partial charge in [0, 0.05) is 38.2 Å². The second-order valence-corrected chi connectivity index (χ2v) is 10.0. The van der Waals surface area contributed by atoms with E-state index in [-0.39, 0.29) is 0 Å². The van der Waals surface area contributed by atoms with Crippen LogP contribution in [-0.4, -0.2) is 40.0 Å². The van der Waals surface area contributed by atoms with Crippen molar-refractivity contribution in [3.8, 4) is 11.1 Å².